The second-order valence-corrected chi connectivity index (χ2v) is 8.29. The van der Waals surface area contributed by atoms with Gasteiger partial charge in [-0.05, 0) is 38.8 Å². The molecule has 2 N–H and O–H groups in total. The Hall–Kier alpha value is -1.94. The molecule has 0 unspecified atom stereocenters. The Morgan fingerprint density at radius 1 is 0.647 bits per heavy atom. The molecule has 0 fully saturated rings. The van der Waals surface area contributed by atoms with Crippen molar-refractivity contribution in [3.05, 3.63) is 107 Å². The van der Waals surface area contributed by atoms with Crippen molar-refractivity contribution >= 4 is 15.4 Å². The summed E-state index contributed by atoms with van der Waals surface area (Å²) in [7, 11) is 0. The zero-order chi connectivity index (χ0) is 25.9. The van der Waals surface area contributed by atoms with Crippen LogP contribution in [0.4, 0.5) is 0 Å². The van der Waals surface area contributed by atoms with Gasteiger partial charge < -0.3 is 10.2 Å². The number of benzene rings is 2. The Balaban J connectivity index is 0.000000466. The topological polar surface area (TPSA) is 40.5 Å². The van der Waals surface area contributed by atoms with Crippen LogP contribution in [0.2, 0.25) is 0 Å². The molecule has 0 radical (unpaired) electrons. The summed E-state index contributed by atoms with van der Waals surface area (Å²) in [5.74, 6) is 0. The van der Waals surface area contributed by atoms with Crippen molar-refractivity contribution in [2.45, 2.75) is 66.6 Å². The van der Waals surface area contributed by atoms with Crippen molar-refractivity contribution < 1.29 is 34.1 Å². The van der Waals surface area contributed by atoms with Crippen molar-refractivity contribution in [3.8, 4) is 0 Å². The number of hydrogen-bond acceptors (Lipinski definition) is 2. The summed E-state index contributed by atoms with van der Waals surface area (Å²) in [4.78, 5) is 0. The number of hydrogen-bond donors (Lipinski definition) is 2. The molecule has 3 heteroatoms. The van der Waals surface area contributed by atoms with Gasteiger partial charge in [-0.3, -0.25) is 12.2 Å². The zero-order valence-electron chi connectivity index (χ0n) is 21.6. The first-order valence-corrected chi connectivity index (χ1v) is 14.1. The van der Waals surface area contributed by atoms with E-state index < -0.39 is 0 Å². The third-order valence-corrected chi connectivity index (χ3v) is 4.39. The van der Waals surface area contributed by atoms with Crippen LogP contribution in [0.15, 0.2) is 84.0 Å². The molecular formula is C31H40HfO2. The van der Waals surface area contributed by atoms with E-state index in [0.717, 1.165) is 36.7 Å². The molecule has 0 saturated heterocycles. The van der Waals surface area contributed by atoms with Crippen LogP contribution in [-0.4, -0.2) is 26.7 Å². The summed E-state index contributed by atoms with van der Waals surface area (Å²) in [6.45, 7) is 11.2. The zero-order valence-corrected chi connectivity index (χ0v) is 25.2. The van der Waals surface area contributed by atoms with Crippen LogP contribution in [-0.2, 0) is 23.9 Å². The van der Waals surface area contributed by atoms with E-state index >= 15 is 0 Å². The third-order valence-electron chi connectivity index (χ3n) is 4.39. The van der Waals surface area contributed by atoms with Gasteiger partial charge in [0, 0.05) is 12.2 Å². The van der Waals surface area contributed by atoms with Crippen molar-refractivity contribution in [2.24, 2.45) is 0 Å². The van der Waals surface area contributed by atoms with Crippen LogP contribution >= 0.6 is 0 Å². The second kappa shape index (κ2) is 19.4. The Kier molecular flexibility index (Phi) is 18.3. The Morgan fingerprint density at radius 3 is 1.12 bits per heavy atom. The second-order valence-electron chi connectivity index (χ2n) is 8.29. The quantitative estimate of drug-likeness (QED) is 0.275. The van der Waals surface area contributed by atoms with Crippen LogP contribution in [0.5, 0.6) is 0 Å². The fraction of sp³-hybridized carbons (Fsp3) is 0.323. The van der Waals surface area contributed by atoms with E-state index in [9.17, 15) is 0 Å². The summed E-state index contributed by atoms with van der Waals surface area (Å²) >= 11 is 1.06. The van der Waals surface area contributed by atoms with E-state index in [2.05, 4.69) is 90.9 Å². The van der Waals surface area contributed by atoms with Crippen LogP contribution in [0.1, 0.15) is 65.5 Å². The van der Waals surface area contributed by atoms with E-state index in [0.29, 0.717) is 0 Å². The van der Waals surface area contributed by atoms with Gasteiger partial charge >= 0.3 is 28.2 Å². The molecule has 180 valence electrons. The molecule has 2 aliphatic rings. The molecule has 0 bridgehead atoms. The predicted octanol–water partition coefficient (Wildman–Crippen LogP) is 7.19. The van der Waals surface area contributed by atoms with Gasteiger partial charge in [0.1, 0.15) is 0 Å². The number of rotatable bonds is 2. The maximum absolute atomic E-state index is 8.06. The van der Waals surface area contributed by atoms with Crippen molar-refractivity contribution in [3.63, 3.8) is 0 Å². The Labute approximate surface area is 222 Å². The fourth-order valence-corrected chi connectivity index (χ4v) is 3.00. The molecule has 2 aliphatic carbocycles. The van der Waals surface area contributed by atoms with E-state index in [4.69, 9.17) is 10.2 Å². The number of allylic oxidation sites excluding steroid dienone is 8. The minimum absolute atomic E-state index is 0.167. The Bertz CT molecular complexity index is 837. The third kappa shape index (κ3) is 14.3. The summed E-state index contributed by atoms with van der Waals surface area (Å²) in [5, 5.41) is 16.1. The molecule has 2 aromatic carbocycles. The first-order chi connectivity index (χ1) is 16.2. The van der Waals surface area contributed by atoms with E-state index in [1.165, 1.54) is 33.4 Å². The van der Waals surface area contributed by atoms with Crippen molar-refractivity contribution in [2.75, 3.05) is 0 Å². The molecule has 0 atom stereocenters. The molecule has 2 nitrogen and oxygen atoms in total. The van der Waals surface area contributed by atoms with E-state index in [1.807, 2.05) is 12.1 Å². The van der Waals surface area contributed by atoms with Gasteiger partial charge in [0.2, 0.25) is 0 Å². The van der Waals surface area contributed by atoms with Gasteiger partial charge in [0.25, 0.3) is 0 Å². The predicted molar refractivity (Wildman–Crippen MR) is 145 cm³/mol. The van der Waals surface area contributed by atoms with Gasteiger partial charge in [0.15, 0.2) is 0 Å². The Morgan fingerprint density at radius 2 is 0.912 bits per heavy atom. The van der Waals surface area contributed by atoms with Gasteiger partial charge in [0.05, 0.1) is 0 Å². The summed E-state index contributed by atoms with van der Waals surface area (Å²) < 4.78 is 3.39. The summed E-state index contributed by atoms with van der Waals surface area (Å²) in [6, 6.07) is 21.0. The van der Waals surface area contributed by atoms with Crippen LogP contribution in [0, 0.1) is 12.2 Å². The normalized spacial score (nSPS) is 13.4. The molecule has 0 saturated carbocycles. The van der Waals surface area contributed by atoms with Gasteiger partial charge in [-0.1, -0.05) is 60.7 Å². The molecule has 2 aromatic rings. The average Bonchev–Trinajstić information content (AvgIpc) is 3.44. The summed E-state index contributed by atoms with van der Waals surface area (Å²) in [5.41, 5.74) is 8.18. The van der Waals surface area contributed by atoms with Crippen LogP contribution < -0.4 is 0 Å². The van der Waals surface area contributed by atoms with Gasteiger partial charge in [-0.15, -0.1) is 37.8 Å². The molecule has 0 aliphatic heterocycles. The first-order valence-electron chi connectivity index (χ1n) is 11.6. The molecule has 0 aromatic heterocycles. The molecule has 0 amide bonds. The van der Waals surface area contributed by atoms with Gasteiger partial charge in [-0.25, -0.2) is 12.2 Å². The standard InChI is InChI=1S/2C12H11.2C3H8O.CH2.Hf/c2*1-10-6-5-9-12(10)11-7-3-2-4-8-11;2*1-3(2)4;;/h2*2-4,6-8H,9H2,1H3;2*3-4H,1-2H3;1H2;/q2*-1;;;;+2. The molecule has 0 spiro atoms. The monoisotopic (exact) mass is 624 g/mol. The van der Waals surface area contributed by atoms with Crippen molar-refractivity contribution in [1.82, 2.24) is 0 Å². The first kappa shape index (κ1) is 32.1. The molecule has 34 heavy (non-hydrogen) atoms. The molecule has 0 heterocycles. The minimum atomic E-state index is -0.167. The SMILES string of the molecule is CC(C)O.CC(C)O.CC1=C(c2ccccc2)C[C-]=C1.CC1=C(c2ccccc2)C[C-]=C1.[CH2]=[Hf+2]. The average molecular weight is 623 g/mol. The number of aliphatic hydroxyl groups excluding tert-OH is 2. The van der Waals surface area contributed by atoms with Crippen molar-refractivity contribution in [1.29, 1.82) is 0 Å². The summed E-state index contributed by atoms with van der Waals surface area (Å²) in [6.07, 6.45) is 12.2. The number of aliphatic hydroxyl groups is 2. The molecular weight excluding hydrogens is 583 g/mol. The van der Waals surface area contributed by atoms with Gasteiger partial charge in [-0.2, -0.15) is 11.1 Å². The fourth-order valence-electron chi connectivity index (χ4n) is 3.00. The van der Waals surface area contributed by atoms with Crippen LogP contribution in [0.25, 0.3) is 11.1 Å². The van der Waals surface area contributed by atoms with E-state index in [1.54, 1.807) is 27.7 Å². The maximum atomic E-state index is 8.06. The molecule has 4 rings (SSSR count). The van der Waals surface area contributed by atoms with E-state index in [-0.39, 0.29) is 12.2 Å². The van der Waals surface area contributed by atoms with Crippen LogP contribution in [0.3, 0.4) is 0 Å².